The Morgan fingerprint density at radius 2 is 2.12 bits per heavy atom. The van der Waals surface area contributed by atoms with Crippen LogP contribution in [0.25, 0.3) is 0 Å². The molecule has 0 aliphatic rings. The molecule has 3 aromatic rings. The normalized spacial score (nSPS) is 10.5. The van der Waals surface area contributed by atoms with Gasteiger partial charge in [-0.15, -0.1) is 0 Å². The smallest absolute Gasteiger partial charge is 0.302 e. The summed E-state index contributed by atoms with van der Waals surface area (Å²) in [6, 6.07) is 9.58. The Balaban J connectivity index is 1.77. The summed E-state index contributed by atoms with van der Waals surface area (Å²) >= 11 is 6.06. The van der Waals surface area contributed by atoms with Crippen LogP contribution in [0.5, 0.6) is 0 Å². The van der Waals surface area contributed by atoms with E-state index in [0.29, 0.717) is 6.54 Å². The average molecular weight is 347 g/mol. The van der Waals surface area contributed by atoms with Gasteiger partial charge in [0.1, 0.15) is 11.2 Å². The van der Waals surface area contributed by atoms with E-state index >= 15 is 0 Å². The van der Waals surface area contributed by atoms with Crippen LogP contribution in [0.2, 0.25) is 5.02 Å². The highest BCUT2D eigenvalue weighted by Crippen LogP contribution is 2.22. The molecule has 2 heterocycles. The van der Waals surface area contributed by atoms with Gasteiger partial charge in [0.25, 0.3) is 5.91 Å². The third-order valence-electron chi connectivity index (χ3n) is 3.18. The number of halogens is 1. The van der Waals surface area contributed by atoms with Gasteiger partial charge < -0.3 is 5.32 Å². The number of hydrogen-bond acceptors (Lipinski definition) is 5. The van der Waals surface area contributed by atoms with Crippen molar-refractivity contribution in [3.8, 4) is 0 Å². The molecule has 0 aliphatic carbocycles. The standard InChI is InChI=1S/C14H11ClN6O3/c15-10-8-20(7-9-4-2-1-3-5-9)19-13(10)17-14(22)12-11(21(23)24)6-16-18-12/h1-6,8H,7H2,(H,16,18)(H,17,19,22). The number of aromatic amines is 1. The number of carbonyl (C=O) groups is 1. The maximum absolute atomic E-state index is 12.1. The van der Waals surface area contributed by atoms with Gasteiger partial charge in [-0.1, -0.05) is 41.9 Å². The lowest BCUT2D eigenvalue weighted by Gasteiger charge is -2.02. The van der Waals surface area contributed by atoms with E-state index in [1.165, 1.54) is 0 Å². The topological polar surface area (TPSA) is 119 Å². The first-order valence-corrected chi connectivity index (χ1v) is 7.18. The van der Waals surface area contributed by atoms with Crippen molar-refractivity contribution in [2.24, 2.45) is 0 Å². The van der Waals surface area contributed by atoms with Crippen molar-refractivity contribution in [3.05, 3.63) is 69.1 Å². The summed E-state index contributed by atoms with van der Waals surface area (Å²) in [5.41, 5.74) is 0.319. The fourth-order valence-corrected chi connectivity index (χ4v) is 2.29. The highest BCUT2D eigenvalue weighted by molar-refractivity contribution is 6.33. The molecule has 0 saturated carbocycles. The van der Waals surface area contributed by atoms with Gasteiger partial charge >= 0.3 is 5.69 Å². The van der Waals surface area contributed by atoms with E-state index in [2.05, 4.69) is 20.6 Å². The maximum Gasteiger partial charge on any atom is 0.319 e. The number of hydrogen-bond donors (Lipinski definition) is 2. The van der Waals surface area contributed by atoms with Crippen molar-refractivity contribution in [3.63, 3.8) is 0 Å². The summed E-state index contributed by atoms with van der Waals surface area (Å²) in [4.78, 5) is 22.3. The molecule has 0 radical (unpaired) electrons. The van der Waals surface area contributed by atoms with Crippen LogP contribution >= 0.6 is 11.6 Å². The molecule has 10 heteroatoms. The molecule has 0 aliphatic heterocycles. The van der Waals surface area contributed by atoms with E-state index in [4.69, 9.17) is 11.6 Å². The van der Waals surface area contributed by atoms with Crippen LogP contribution in [0.1, 0.15) is 16.1 Å². The Morgan fingerprint density at radius 1 is 1.38 bits per heavy atom. The maximum atomic E-state index is 12.1. The molecule has 24 heavy (non-hydrogen) atoms. The van der Waals surface area contributed by atoms with Crippen molar-refractivity contribution in [2.75, 3.05) is 5.32 Å². The highest BCUT2D eigenvalue weighted by Gasteiger charge is 2.24. The van der Waals surface area contributed by atoms with Crippen LogP contribution in [0, 0.1) is 10.1 Å². The number of H-pyrrole nitrogens is 1. The van der Waals surface area contributed by atoms with E-state index in [1.807, 2.05) is 30.3 Å². The quantitative estimate of drug-likeness (QED) is 0.543. The van der Waals surface area contributed by atoms with E-state index in [1.54, 1.807) is 10.9 Å². The van der Waals surface area contributed by atoms with Gasteiger partial charge in [0.15, 0.2) is 5.82 Å². The summed E-state index contributed by atoms with van der Waals surface area (Å²) in [6.45, 7) is 0.473. The van der Waals surface area contributed by atoms with Gasteiger partial charge in [-0.3, -0.25) is 24.7 Å². The first kappa shape index (κ1) is 15.7. The predicted octanol–water partition coefficient (Wildman–Crippen LogP) is 2.47. The Kier molecular flexibility index (Phi) is 4.25. The molecule has 0 unspecified atom stereocenters. The second kappa shape index (κ2) is 6.50. The number of rotatable bonds is 5. The number of aromatic nitrogens is 4. The minimum atomic E-state index is -0.744. The fraction of sp³-hybridized carbons (Fsp3) is 0.0714. The second-order valence-corrected chi connectivity index (χ2v) is 5.26. The van der Waals surface area contributed by atoms with Crippen LogP contribution in [0.15, 0.2) is 42.7 Å². The predicted molar refractivity (Wildman–Crippen MR) is 86.0 cm³/mol. The van der Waals surface area contributed by atoms with Crippen molar-refractivity contribution >= 4 is 29.0 Å². The summed E-state index contributed by atoms with van der Waals surface area (Å²) in [6.07, 6.45) is 2.52. The third kappa shape index (κ3) is 3.25. The molecule has 1 aromatic carbocycles. The van der Waals surface area contributed by atoms with Crippen molar-refractivity contribution in [1.82, 2.24) is 20.0 Å². The Hall–Kier alpha value is -3.20. The van der Waals surface area contributed by atoms with Crippen LogP contribution < -0.4 is 5.32 Å². The third-order valence-corrected chi connectivity index (χ3v) is 3.46. The molecule has 1 amide bonds. The zero-order valence-electron chi connectivity index (χ0n) is 12.1. The minimum absolute atomic E-state index is 0.112. The monoisotopic (exact) mass is 346 g/mol. The van der Waals surface area contributed by atoms with Gasteiger partial charge in [0, 0.05) is 6.20 Å². The van der Waals surface area contributed by atoms with E-state index in [-0.39, 0.29) is 16.5 Å². The molecule has 122 valence electrons. The summed E-state index contributed by atoms with van der Waals surface area (Å²) in [5.74, 6) is -0.632. The highest BCUT2D eigenvalue weighted by atomic mass is 35.5. The molecule has 2 N–H and O–H groups in total. The van der Waals surface area contributed by atoms with Crippen LogP contribution in [0.4, 0.5) is 11.5 Å². The zero-order valence-corrected chi connectivity index (χ0v) is 12.9. The summed E-state index contributed by atoms with van der Waals surface area (Å²) in [7, 11) is 0. The number of amides is 1. The molecule has 2 aromatic heterocycles. The average Bonchev–Trinajstić information content (AvgIpc) is 3.16. The van der Waals surface area contributed by atoms with Crippen LogP contribution in [0.3, 0.4) is 0 Å². The molecule has 0 fully saturated rings. The van der Waals surface area contributed by atoms with Gasteiger partial charge in [-0.25, -0.2) is 0 Å². The first-order valence-electron chi connectivity index (χ1n) is 6.80. The molecule has 0 saturated heterocycles. The van der Waals surface area contributed by atoms with Crippen LogP contribution in [-0.4, -0.2) is 30.8 Å². The Bertz CT molecular complexity index is 889. The number of nitrogens with one attached hydrogen (secondary N) is 2. The lowest BCUT2D eigenvalue weighted by molar-refractivity contribution is -0.385. The van der Waals surface area contributed by atoms with Crippen molar-refractivity contribution in [1.29, 1.82) is 0 Å². The lowest BCUT2D eigenvalue weighted by Crippen LogP contribution is -2.15. The lowest BCUT2D eigenvalue weighted by atomic mass is 10.2. The van der Waals surface area contributed by atoms with Gasteiger partial charge in [-0.05, 0) is 5.56 Å². The molecule has 0 bridgehead atoms. The number of nitro groups is 1. The van der Waals surface area contributed by atoms with Gasteiger partial charge in [-0.2, -0.15) is 10.2 Å². The van der Waals surface area contributed by atoms with Gasteiger partial charge in [0.2, 0.25) is 5.69 Å². The number of carbonyl (C=O) groups excluding carboxylic acids is 1. The van der Waals surface area contributed by atoms with E-state index < -0.39 is 16.5 Å². The second-order valence-electron chi connectivity index (χ2n) is 4.85. The Morgan fingerprint density at radius 3 is 2.83 bits per heavy atom. The molecular weight excluding hydrogens is 336 g/mol. The van der Waals surface area contributed by atoms with Gasteiger partial charge in [0.05, 0.1) is 11.5 Å². The van der Waals surface area contributed by atoms with Crippen molar-refractivity contribution < 1.29 is 9.72 Å². The molecule has 3 rings (SSSR count). The number of benzene rings is 1. The van der Waals surface area contributed by atoms with E-state index in [9.17, 15) is 14.9 Å². The fourth-order valence-electron chi connectivity index (χ4n) is 2.09. The number of anilines is 1. The molecular formula is C14H11ClN6O3. The van der Waals surface area contributed by atoms with E-state index in [0.717, 1.165) is 11.8 Å². The molecule has 0 atom stereocenters. The number of nitrogens with zero attached hydrogens (tertiary/aromatic N) is 4. The first-order chi connectivity index (χ1) is 11.5. The largest absolute Gasteiger partial charge is 0.319 e. The summed E-state index contributed by atoms with van der Waals surface area (Å²) in [5, 5.41) is 23.5. The SMILES string of the molecule is O=C(Nc1nn(Cc2ccccc2)cc1Cl)c1[nH]ncc1[N+](=O)[O-]. The molecule has 9 nitrogen and oxygen atoms in total. The minimum Gasteiger partial charge on any atom is -0.302 e. The zero-order chi connectivity index (χ0) is 17.1. The Labute approximate surface area is 140 Å². The summed E-state index contributed by atoms with van der Waals surface area (Å²) < 4.78 is 1.56. The van der Waals surface area contributed by atoms with Crippen molar-refractivity contribution in [2.45, 2.75) is 6.54 Å². The van der Waals surface area contributed by atoms with Crippen LogP contribution in [-0.2, 0) is 6.54 Å². The molecule has 0 spiro atoms.